The van der Waals surface area contributed by atoms with Gasteiger partial charge in [0.05, 0.1) is 12.7 Å². The normalized spacial score (nSPS) is 16.1. The van der Waals surface area contributed by atoms with Gasteiger partial charge in [-0.25, -0.2) is 0 Å². The fraction of sp³-hybridized carbons (Fsp3) is 0.188. The number of nitrogens with zero attached hydrogens (tertiary/aromatic N) is 3. The van der Waals surface area contributed by atoms with Crippen LogP contribution < -0.4 is 10.1 Å². The van der Waals surface area contributed by atoms with Gasteiger partial charge in [-0.2, -0.15) is 9.38 Å². The summed E-state index contributed by atoms with van der Waals surface area (Å²) in [5.74, 6) is 1.08. The molecular formula is C16H14N4O3. The van der Waals surface area contributed by atoms with Crippen LogP contribution in [-0.2, 0) is 6.42 Å². The quantitative estimate of drug-likeness (QED) is 0.592. The Balaban J connectivity index is 1.55. The van der Waals surface area contributed by atoms with E-state index in [1.54, 1.807) is 24.4 Å². The van der Waals surface area contributed by atoms with Crippen LogP contribution in [0.3, 0.4) is 0 Å². The van der Waals surface area contributed by atoms with Gasteiger partial charge in [0.15, 0.2) is 0 Å². The molecule has 3 heterocycles. The van der Waals surface area contributed by atoms with Crippen LogP contribution in [0, 0.1) is 10.1 Å². The van der Waals surface area contributed by atoms with Gasteiger partial charge in [-0.3, -0.25) is 0 Å². The van der Waals surface area contributed by atoms with Crippen LogP contribution in [0.25, 0.3) is 5.65 Å². The number of para-hydroxylation sites is 1. The number of rotatable bonds is 4. The van der Waals surface area contributed by atoms with Crippen molar-refractivity contribution in [1.82, 2.24) is 9.38 Å². The number of pyridine rings is 1. The van der Waals surface area contributed by atoms with Crippen molar-refractivity contribution >= 4 is 17.3 Å². The first kappa shape index (κ1) is 13.6. The fourth-order valence-electron chi connectivity index (χ4n) is 2.85. The zero-order valence-electron chi connectivity index (χ0n) is 12.2. The Bertz CT molecular complexity index is 865. The number of imidazole rings is 1. The van der Waals surface area contributed by atoms with Gasteiger partial charge < -0.3 is 20.2 Å². The average Bonchev–Trinajstić information content (AvgIpc) is 3.13. The van der Waals surface area contributed by atoms with E-state index in [0.717, 1.165) is 17.7 Å². The molecule has 23 heavy (non-hydrogen) atoms. The van der Waals surface area contributed by atoms with Gasteiger partial charge in [-0.15, -0.1) is 0 Å². The molecule has 4 rings (SSSR count). The van der Waals surface area contributed by atoms with Gasteiger partial charge in [0.1, 0.15) is 11.9 Å². The number of aromatic nitrogens is 2. The first-order valence-corrected chi connectivity index (χ1v) is 7.32. The van der Waals surface area contributed by atoms with E-state index in [1.807, 2.05) is 24.3 Å². The van der Waals surface area contributed by atoms with Crippen molar-refractivity contribution in [3.63, 3.8) is 0 Å². The smallest absolute Gasteiger partial charge is 0.372 e. The summed E-state index contributed by atoms with van der Waals surface area (Å²) in [6.45, 7) is 0.458. The highest BCUT2D eigenvalue weighted by Gasteiger charge is 2.26. The van der Waals surface area contributed by atoms with Crippen molar-refractivity contribution in [2.75, 3.05) is 11.9 Å². The van der Waals surface area contributed by atoms with Crippen molar-refractivity contribution in [1.29, 1.82) is 0 Å². The van der Waals surface area contributed by atoms with E-state index in [9.17, 15) is 10.1 Å². The molecule has 0 saturated carbocycles. The molecule has 1 unspecified atom stereocenters. The number of nitrogens with one attached hydrogen (secondary N) is 1. The monoisotopic (exact) mass is 310 g/mol. The molecule has 0 bridgehead atoms. The van der Waals surface area contributed by atoms with E-state index in [4.69, 9.17) is 4.74 Å². The third-order valence-electron chi connectivity index (χ3n) is 3.89. The van der Waals surface area contributed by atoms with Gasteiger partial charge in [0.2, 0.25) is 11.5 Å². The summed E-state index contributed by atoms with van der Waals surface area (Å²) >= 11 is 0. The summed E-state index contributed by atoms with van der Waals surface area (Å²) in [6, 6.07) is 13.1. The Hall–Kier alpha value is -3.09. The van der Waals surface area contributed by atoms with E-state index < -0.39 is 4.92 Å². The van der Waals surface area contributed by atoms with Crippen molar-refractivity contribution in [2.24, 2.45) is 0 Å². The number of ether oxygens (including phenoxy) is 1. The lowest BCUT2D eigenvalue weighted by Gasteiger charge is -2.11. The Morgan fingerprint density at radius 3 is 2.96 bits per heavy atom. The van der Waals surface area contributed by atoms with Crippen molar-refractivity contribution in [2.45, 2.75) is 12.5 Å². The maximum absolute atomic E-state index is 11.3. The van der Waals surface area contributed by atoms with Crippen LogP contribution in [0.15, 0.2) is 48.7 Å². The molecule has 0 aliphatic carbocycles. The molecular weight excluding hydrogens is 296 g/mol. The first-order valence-electron chi connectivity index (χ1n) is 7.32. The number of nitro groups is 1. The second-order valence-electron chi connectivity index (χ2n) is 5.40. The highest BCUT2D eigenvalue weighted by molar-refractivity contribution is 5.62. The molecule has 1 aromatic carbocycles. The van der Waals surface area contributed by atoms with Gasteiger partial charge in [0.25, 0.3) is 0 Å². The fourth-order valence-corrected chi connectivity index (χ4v) is 2.85. The number of hydrogen-bond acceptors (Lipinski definition) is 5. The molecule has 3 aromatic rings. The molecule has 0 fully saturated rings. The highest BCUT2D eigenvalue weighted by Crippen LogP contribution is 2.29. The molecule has 1 aliphatic rings. The summed E-state index contributed by atoms with van der Waals surface area (Å²) in [7, 11) is 0. The minimum Gasteiger partial charge on any atom is -0.488 e. The highest BCUT2D eigenvalue weighted by atomic mass is 16.6. The molecule has 0 radical (unpaired) electrons. The van der Waals surface area contributed by atoms with Gasteiger partial charge in [-0.1, -0.05) is 24.3 Å². The van der Waals surface area contributed by atoms with Crippen molar-refractivity contribution < 1.29 is 9.66 Å². The molecule has 2 aromatic heterocycles. The largest absolute Gasteiger partial charge is 0.488 e. The van der Waals surface area contributed by atoms with Crippen molar-refractivity contribution in [3.05, 3.63) is 64.3 Å². The first-order chi connectivity index (χ1) is 11.2. The van der Waals surface area contributed by atoms with E-state index in [0.29, 0.717) is 12.2 Å². The van der Waals surface area contributed by atoms with E-state index in [1.165, 1.54) is 4.40 Å². The number of hydrogen-bond donors (Lipinski definition) is 1. The summed E-state index contributed by atoms with van der Waals surface area (Å²) in [6.07, 6.45) is 2.36. The minimum atomic E-state index is -0.424. The zero-order valence-corrected chi connectivity index (χ0v) is 12.2. The third kappa shape index (κ3) is 2.36. The molecule has 116 valence electrons. The van der Waals surface area contributed by atoms with Gasteiger partial charge in [0, 0.05) is 12.5 Å². The standard InChI is InChI=1S/C16H14N4O3/c21-20(22)16-15(18-14-7-3-4-8-19(14)16)17-10-12-9-11-5-1-2-6-13(11)23-12/h1-8,12,17H,9-10H2. The van der Waals surface area contributed by atoms with E-state index >= 15 is 0 Å². The summed E-state index contributed by atoms with van der Waals surface area (Å²) < 4.78 is 7.30. The van der Waals surface area contributed by atoms with Crippen molar-refractivity contribution in [3.8, 4) is 5.75 Å². The zero-order chi connectivity index (χ0) is 15.8. The predicted octanol–water partition coefficient (Wildman–Crippen LogP) is 2.66. The average molecular weight is 310 g/mol. The molecule has 1 N–H and O–H groups in total. The SMILES string of the molecule is O=[N+]([O-])c1c(NCC2Cc3ccccc3O2)nc2ccccn12. The van der Waals surface area contributed by atoms with Crippen LogP contribution in [-0.4, -0.2) is 27.0 Å². The van der Waals surface area contributed by atoms with Crippen LogP contribution in [0.5, 0.6) is 5.75 Å². The lowest BCUT2D eigenvalue weighted by atomic mass is 10.1. The molecule has 0 amide bonds. The van der Waals surface area contributed by atoms with E-state index in [-0.39, 0.29) is 17.7 Å². The lowest BCUT2D eigenvalue weighted by molar-refractivity contribution is -0.389. The Morgan fingerprint density at radius 1 is 1.30 bits per heavy atom. The van der Waals surface area contributed by atoms with Gasteiger partial charge in [-0.05, 0) is 22.6 Å². The maximum Gasteiger partial charge on any atom is 0.372 e. The molecule has 7 heteroatoms. The second-order valence-corrected chi connectivity index (χ2v) is 5.40. The van der Waals surface area contributed by atoms with Crippen LogP contribution in [0.4, 0.5) is 11.6 Å². The van der Waals surface area contributed by atoms with Crippen LogP contribution in [0.2, 0.25) is 0 Å². The minimum absolute atomic E-state index is 0.0585. The molecule has 7 nitrogen and oxygen atoms in total. The van der Waals surface area contributed by atoms with Crippen LogP contribution >= 0.6 is 0 Å². The molecule has 0 saturated heterocycles. The number of fused-ring (bicyclic) bond motifs is 2. The summed E-state index contributed by atoms with van der Waals surface area (Å²) in [5, 5.41) is 14.4. The maximum atomic E-state index is 11.3. The molecule has 0 spiro atoms. The Morgan fingerprint density at radius 2 is 2.13 bits per heavy atom. The predicted molar refractivity (Wildman–Crippen MR) is 84.9 cm³/mol. The van der Waals surface area contributed by atoms with Crippen LogP contribution in [0.1, 0.15) is 5.56 Å². The molecule has 1 aliphatic heterocycles. The second kappa shape index (κ2) is 5.28. The summed E-state index contributed by atoms with van der Waals surface area (Å²) in [4.78, 5) is 15.2. The number of anilines is 1. The van der Waals surface area contributed by atoms with E-state index in [2.05, 4.69) is 10.3 Å². The third-order valence-corrected chi connectivity index (χ3v) is 3.89. The van der Waals surface area contributed by atoms with Gasteiger partial charge >= 0.3 is 5.82 Å². The Kier molecular flexibility index (Phi) is 3.11. The Labute approximate surface area is 131 Å². The topological polar surface area (TPSA) is 81.7 Å². The summed E-state index contributed by atoms with van der Waals surface area (Å²) in [5.41, 5.74) is 1.70. The lowest BCUT2D eigenvalue weighted by Crippen LogP contribution is -2.24. The molecule has 1 atom stereocenters. The number of benzene rings is 1.